The van der Waals surface area contributed by atoms with Crippen LogP contribution in [0.4, 0.5) is 5.69 Å². The Labute approximate surface area is 215 Å². The lowest BCUT2D eigenvalue weighted by molar-refractivity contribution is -0.384. The van der Waals surface area contributed by atoms with Gasteiger partial charge < -0.3 is 9.47 Å². The first-order valence-electron chi connectivity index (χ1n) is 11.6. The highest BCUT2D eigenvalue weighted by Gasteiger charge is 2.58. The van der Waals surface area contributed by atoms with E-state index in [1.807, 2.05) is 0 Å². The van der Waals surface area contributed by atoms with Crippen molar-refractivity contribution in [3.8, 4) is 0 Å². The summed E-state index contributed by atoms with van der Waals surface area (Å²) in [5.74, 6) is -6.34. The highest BCUT2D eigenvalue weighted by molar-refractivity contribution is 6.30. The van der Waals surface area contributed by atoms with Crippen molar-refractivity contribution in [2.24, 2.45) is 11.8 Å². The van der Waals surface area contributed by atoms with Crippen molar-refractivity contribution < 1.29 is 28.8 Å². The molecule has 3 rings (SSSR count). The van der Waals surface area contributed by atoms with Gasteiger partial charge in [0.15, 0.2) is 5.78 Å². The summed E-state index contributed by atoms with van der Waals surface area (Å²) >= 11 is 6.09. The summed E-state index contributed by atoms with van der Waals surface area (Å²) in [6.45, 7) is 10.1. The van der Waals surface area contributed by atoms with Gasteiger partial charge >= 0.3 is 11.9 Å². The fraction of sp³-hybridized carbons (Fsp3) is 0.444. The molecule has 9 heteroatoms. The molecule has 0 aliphatic heterocycles. The van der Waals surface area contributed by atoms with Crippen molar-refractivity contribution in [2.45, 2.75) is 64.6 Å². The second-order valence-corrected chi connectivity index (χ2v) is 11.3. The number of Topliss-reactive ketones (excluding diaryl/α,β-unsaturated/α-hetero) is 1. The molecule has 0 aromatic heterocycles. The molecule has 192 valence electrons. The van der Waals surface area contributed by atoms with Crippen molar-refractivity contribution in [2.75, 3.05) is 0 Å². The summed E-state index contributed by atoms with van der Waals surface area (Å²) in [7, 11) is 0. The number of nitrogens with zero attached hydrogens (tertiary/aromatic N) is 1. The van der Waals surface area contributed by atoms with E-state index in [0.29, 0.717) is 16.1 Å². The molecule has 2 aromatic rings. The van der Waals surface area contributed by atoms with Gasteiger partial charge in [0.2, 0.25) is 0 Å². The molecule has 8 nitrogen and oxygen atoms in total. The first-order chi connectivity index (χ1) is 16.6. The number of ether oxygens (including phenoxy) is 2. The minimum absolute atomic E-state index is 0.136. The normalized spacial score (nSPS) is 22.2. The van der Waals surface area contributed by atoms with Crippen LogP contribution in [0, 0.1) is 22.0 Å². The zero-order valence-corrected chi connectivity index (χ0v) is 21.9. The minimum atomic E-state index is -1.32. The highest BCUT2D eigenvalue weighted by atomic mass is 35.5. The molecule has 0 spiro atoms. The predicted octanol–water partition coefficient (Wildman–Crippen LogP) is 5.61. The molecule has 4 unspecified atom stereocenters. The van der Waals surface area contributed by atoms with Crippen molar-refractivity contribution >= 4 is 35.0 Å². The third kappa shape index (κ3) is 6.10. The Bertz CT molecular complexity index is 1160. The molecule has 0 saturated heterocycles. The highest BCUT2D eigenvalue weighted by Crippen LogP contribution is 2.52. The summed E-state index contributed by atoms with van der Waals surface area (Å²) in [6, 6.07) is 12.3. The molecule has 1 aliphatic rings. The molecule has 2 aromatic carbocycles. The van der Waals surface area contributed by atoms with Gasteiger partial charge in [0, 0.05) is 29.0 Å². The van der Waals surface area contributed by atoms with Crippen molar-refractivity contribution in [1.82, 2.24) is 0 Å². The number of carbonyl (C=O) groups is 3. The summed E-state index contributed by atoms with van der Waals surface area (Å²) in [5.41, 5.74) is -0.774. The largest absolute Gasteiger partial charge is 0.459 e. The van der Waals surface area contributed by atoms with Crippen LogP contribution in [0.1, 0.15) is 64.5 Å². The zero-order chi connectivity index (χ0) is 27.0. The average molecular weight is 516 g/mol. The van der Waals surface area contributed by atoms with Crippen LogP contribution >= 0.6 is 11.6 Å². The van der Waals surface area contributed by atoms with E-state index in [1.54, 1.807) is 65.8 Å². The van der Waals surface area contributed by atoms with Crippen LogP contribution < -0.4 is 0 Å². The number of ketones is 1. The number of rotatable bonds is 5. The lowest BCUT2D eigenvalue weighted by Crippen LogP contribution is -2.36. The van der Waals surface area contributed by atoms with Crippen LogP contribution in [-0.4, -0.2) is 33.8 Å². The fourth-order valence-electron chi connectivity index (χ4n) is 4.52. The van der Waals surface area contributed by atoms with Gasteiger partial charge in [0.1, 0.15) is 23.0 Å². The second-order valence-electron chi connectivity index (χ2n) is 10.9. The first-order valence-corrected chi connectivity index (χ1v) is 12.0. The minimum Gasteiger partial charge on any atom is -0.459 e. The Morgan fingerprint density at radius 1 is 0.778 bits per heavy atom. The van der Waals surface area contributed by atoms with Crippen LogP contribution in [0.25, 0.3) is 0 Å². The monoisotopic (exact) mass is 515 g/mol. The second kappa shape index (κ2) is 10.0. The van der Waals surface area contributed by atoms with Gasteiger partial charge in [0.05, 0.1) is 4.92 Å². The summed E-state index contributed by atoms with van der Waals surface area (Å²) in [6.07, 6.45) is 0. The summed E-state index contributed by atoms with van der Waals surface area (Å²) in [4.78, 5) is 51.3. The number of hydrogen-bond acceptors (Lipinski definition) is 7. The van der Waals surface area contributed by atoms with E-state index in [4.69, 9.17) is 21.1 Å². The van der Waals surface area contributed by atoms with E-state index in [0.717, 1.165) is 0 Å². The number of non-ortho nitro benzene ring substituents is 1. The molecule has 36 heavy (non-hydrogen) atoms. The molecule has 0 bridgehead atoms. The van der Waals surface area contributed by atoms with Crippen molar-refractivity contribution in [1.29, 1.82) is 0 Å². The molecule has 0 amide bonds. The number of nitro groups is 1. The maximum Gasteiger partial charge on any atom is 0.317 e. The Morgan fingerprint density at radius 2 is 1.14 bits per heavy atom. The Kier molecular flexibility index (Phi) is 7.60. The van der Waals surface area contributed by atoms with Gasteiger partial charge in [-0.15, -0.1) is 0 Å². The first kappa shape index (κ1) is 27.3. The molecular formula is C27H30ClNO7. The number of esters is 2. The summed E-state index contributed by atoms with van der Waals surface area (Å²) in [5, 5.41) is 11.7. The van der Waals surface area contributed by atoms with E-state index < -0.39 is 57.5 Å². The van der Waals surface area contributed by atoms with Gasteiger partial charge in [-0.2, -0.15) is 0 Å². The number of hydrogen-bond donors (Lipinski definition) is 0. The van der Waals surface area contributed by atoms with Crippen LogP contribution in [0.15, 0.2) is 48.5 Å². The molecule has 1 saturated carbocycles. The standard InChI is InChI=1S/C27H30ClNO7/c1-26(2,3)35-24(31)21-19(15-7-11-17(28)12-8-15)20(16-9-13-18(14-10-16)29(33)34)22(23(21)30)25(32)36-27(4,5)6/h7-14,19-22H,1-6H3. The number of benzene rings is 2. The third-order valence-corrected chi connectivity index (χ3v) is 6.04. The van der Waals surface area contributed by atoms with Crippen molar-refractivity contribution in [3.63, 3.8) is 0 Å². The zero-order valence-electron chi connectivity index (χ0n) is 21.1. The van der Waals surface area contributed by atoms with Gasteiger partial charge in [-0.25, -0.2) is 0 Å². The number of nitro benzene ring substituents is 1. The lowest BCUT2D eigenvalue weighted by Gasteiger charge is -2.28. The van der Waals surface area contributed by atoms with E-state index in [9.17, 15) is 24.5 Å². The lowest BCUT2D eigenvalue weighted by atomic mass is 9.77. The van der Waals surface area contributed by atoms with Crippen LogP contribution in [0.5, 0.6) is 0 Å². The van der Waals surface area contributed by atoms with Crippen molar-refractivity contribution in [3.05, 3.63) is 74.8 Å². The molecule has 0 heterocycles. The summed E-state index contributed by atoms with van der Waals surface area (Å²) < 4.78 is 11.2. The van der Waals surface area contributed by atoms with Crippen LogP contribution in [-0.2, 0) is 23.9 Å². The predicted molar refractivity (Wildman–Crippen MR) is 134 cm³/mol. The average Bonchev–Trinajstić information content (AvgIpc) is 3.05. The molecular weight excluding hydrogens is 486 g/mol. The van der Waals surface area contributed by atoms with Gasteiger partial charge in [-0.3, -0.25) is 24.5 Å². The maximum absolute atomic E-state index is 13.8. The fourth-order valence-corrected chi connectivity index (χ4v) is 4.65. The molecule has 0 N–H and O–H groups in total. The van der Waals surface area contributed by atoms with Gasteiger partial charge in [-0.05, 0) is 64.8 Å². The van der Waals surface area contributed by atoms with E-state index in [-0.39, 0.29) is 5.69 Å². The molecule has 1 fully saturated rings. The SMILES string of the molecule is CC(C)(C)OC(=O)C1C(=O)C(C(=O)OC(C)(C)C)C(c2ccc([N+](=O)[O-])cc2)C1c1ccc(Cl)cc1. The quantitative estimate of drug-likeness (QED) is 0.220. The van der Waals surface area contributed by atoms with Crippen LogP contribution in [0.2, 0.25) is 5.02 Å². The molecule has 0 radical (unpaired) electrons. The Morgan fingerprint density at radius 3 is 1.47 bits per heavy atom. The smallest absolute Gasteiger partial charge is 0.317 e. The number of halogens is 1. The number of carbonyl (C=O) groups excluding carboxylic acids is 3. The van der Waals surface area contributed by atoms with E-state index >= 15 is 0 Å². The van der Waals surface area contributed by atoms with E-state index in [1.165, 1.54) is 24.3 Å². The van der Waals surface area contributed by atoms with Gasteiger partial charge in [0.25, 0.3) is 5.69 Å². The third-order valence-electron chi connectivity index (χ3n) is 5.78. The van der Waals surface area contributed by atoms with Gasteiger partial charge in [-0.1, -0.05) is 35.9 Å². The van der Waals surface area contributed by atoms with E-state index in [2.05, 4.69) is 0 Å². The Hall–Kier alpha value is -3.26. The van der Waals surface area contributed by atoms with Crippen LogP contribution in [0.3, 0.4) is 0 Å². The molecule has 1 aliphatic carbocycles. The molecule has 4 atom stereocenters. The Balaban J connectivity index is 2.22. The topological polar surface area (TPSA) is 113 Å². The maximum atomic E-state index is 13.8.